The van der Waals surface area contributed by atoms with Crippen molar-refractivity contribution < 1.29 is 29.2 Å². The predicted octanol–water partition coefficient (Wildman–Crippen LogP) is 4.41. The number of phenols is 2. The lowest BCUT2D eigenvalue weighted by atomic mass is 10.1. The standard InChI is InChI=1S/C19H30O6/c1-4-7-10-23-15-13-14(20)17(21)16(18(15)24-11-8-5-2)19(22)25-12-9-6-3/h13,20-21H,4-12H2,1-3H3. The van der Waals surface area contributed by atoms with Gasteiger partial charge in [0.2, 0.25) is 0 Å². The lowest BCUT2D eigenvalue weighted by Gasteiger charge is -2.18. The van der Waals surface area contributed by atoms with E-state index in [4.69, 9.17) is 14.2 Å². The van der Waals surface area contributed by atoms with E-state index in [-0.39, 0.29) is 23.7 Å². The van der Waals surface area contributed by atoms with Crippen molar-refractivity contribution in [1.82, 2.24) is 0 Å². The maximum Gasteiger partial charge on any atom is 0.346 e. The predicted molar refractivity (Wildman–Crippen MR) is 95.8 cm³/mol. The van der Waals surface area contributed by atoms with Gasteiger partial charge in [0.1, 0.15) is 0 Å². The van der Waals surface area contributed by atoms with Crippen molar-refractivity contribution in [2.45, 2.75) is 59.3 Å². The van der Waals surface area contributed by atoms with E-state index in [2.05, 4.69) is 0 Å². The highest BCUT2D eigenvalue weighted by atomic mass is 16.5. The molecule has 6 nitrogen and oxygen atoms in total. The third-order valence-corrected chi connectivity index (χ3v) is 3.63. The van der Waals surface area contributed by atoms with Crippen molar-refractivity contribution in [3.8, 4) is 23.0 Å². The largest absolute Gasteiger partial charge is 0.504 e. The summed E-state index contributed by atoms with van der Waals surface area (Å²) in [5, 5.41) is 20.1. The maximum atomic E-state index is 12.4. The Kier molecular flexibility index (Phi) is 9.58. The number of carbonyl (C=O) groups is 1. The van der Waals surface area contributed by atoms with Gasteiger partial charge in [0.15, 0.2) is 28.6 Å². The van der Waals surface area contributed by atoms with Crippen LogP contribution in [0.3, 0.4) is 0 Å². The zero-order chi connectivity index (χ0) is 18.7. The summed E-state index contributed by atoms with van der Waals surface area (Å²) in [6, 6.07) is 1.27. The SMILES string of the molecule is CCCCOC(=O)c1c(O)c(O)cc(OCCCC)c1OCCCC. The van der Waals surface area contributed by atoms with Crippen molar-refractivity contribution in [3.05, 3.63) is 11.6 Å². The van der Waals surface area contributed by atoms with Gasteiger partial charge in [0.05, 0.1) is 19.8 Å². The van der Waals surface area contributed by atoms with Gasteiger partial charge < -0.3 is 24.4 Å². The molecular formula is C19H30O6. The van der Waals surface area contributed by atoms with Crippen LogP contribution in [-0.2, 0) is 4.74 Å². The highest BCUT2D eigenvalue weighted by Crippen LogP contribution is 2.44. The van der Waals surface area contributed by atoms with Crippen LogP contribution in [-0.4, -0.2) is 36.0 Å². The molecule has 0 fully saturated rings. The van der Waals surface area contributed by atoms with Gasteiger partial charge in [-0.05, 0) is 19.3 Å². The smallest absolute Gasteiger partial charge is 0.346 e. The molecule has 0 aromatic heterocycles. The van der Waals surface area contributed by atoms with Crippen LogP contribution in [0.2, 0.25) is 0 Å². The minimum atomic E-state index is -0.728. The maximum absolute atomic E-state index is 12.4. The molecule has 0 aliphatic heterocycles. The van der Waals surface area contributed by atoms with Gasteiger partial charge in [-0.1, -0.05) is 40.0 Å². The van der Waals surface area contributed by atoms with E-state index in [1.54, 1.807) is 0 Å². The molecule has 0 unspecified atom stereocenters. The number of esters is 1. The highest BCUT2D eigenvalue weighted by Gasteiger charge is 2.27. The summed E-state index contributed by atoms with van der Waals surface area (Å²) < 4.78 is 16.5. The number of hydrogen-bond donors (Lipinski definition) is 2. The van der Waals surface area contributed by atoms with E-state index in [1.165, 1.54) is 6.07 Å². The molecule has 0 radical (unpaired) electrons. The zero-order valence-electron chi connectivity index (χ0n) is 15.5. The van der Waals surface area contributed by atoms with Gasteiger partial charge >= 0.3 is 5.97 Å². The number of carbonyl (C=O) groups excluding carboxylic acids is 1. The molecule has 0 amide bonds. The van der Waals surface area contributed by atoms with Gasteiger partial charge in [-0.2, -0.15) is 0 Å². The van der Waals surface area contributed by atoms with E-state index in [0.717, 1.165) is 38.5 Å². The topological polar surface area (TPSA) is 85.2 Å². The van der Waals surface area contributed by atoms with Crippen molar-refractivity contribution >= 4 is 5.97 Å². The summed E-state index contributed by atoms with van der Waals surface area (Å²) in [7, 11) is 0. The Balaban J connectivity index is 3.15. The molecule has 142 valence electrons. The molecule has 0 aliphatic carbocycles. The van der Waals surface area contributed by atoms with Gasteiger partial charge in [-0.15, -0.1) is 0 Å². The normalized spacial score (nSPS) is 10.5. The lowest BCUT2D eigenvalue weighted by molar-refractivity contribution is 0.0489. The second kappa shape index (κ2) is 11.4. The minimum Gasteiger partial charge on any atom is -0.504 e. The second-order valence-electron chi connectivity index (χ2n) is 5.84. The molecular weight excluding hydrogens is 324 g/mol. The number of unbranched alkanes of at least 4 members (excludes halogenated alkanes) is 3. The quantitative estimate of drug-likeness (QED) is 0.328. The zero-order valence-corrected chi connectivity index (χ0v) is 15.5. The Morgan fingerprint density at radius 2 is 1.48 bits per heavy atom. The van der Waals surface area contributed by atoms with E-state index >= 15 is 0 Å². The molecule has 1 aromatic carbocycles. The van der Waals surface area contributed by atoms with Crippen LogP contribution in [0.5, 0.6) is 23.0 Å². The van der Waals surface area contributed by atoms with E-state index < -0.39 is 17.5 Å². The second-order valence-corrected chi connectivity index (χ2v) is 5.84. The third-order valence-electron chi connectivity index (χ3n) is 3.63. The average Bonchev–Trinajstić information content (AvgIpc) is 2.59. The third kappa shape index (κ3) is 6.36. The Bertz CT molecular complexity index is 541. The highest BCUT2D eigenvalue weighted by molar-refractivity contribution is 5.97. The van der Waals surface area contributed by atoms with Crippen LogP contribution in [0.15, 0.2) is 6.07 Å². The van der Waals surface area contributed by atoms with Crippen molar-refractivity contribution in [3.63, 3.8) is 0 Å². The molecule has 0 atom stereocenters. The molecule has 2 N–H and O–H groups in total. The van der Waals surface area contributed by atoms with Crippen LogP contribution in [0.4, 0.5) is 0 Å². The first kappa shape index (κ1) is 20.9. The monoisotopic (exact) mass is 354 g/mol. The van der Waals surface area contributed by atoms with Crippen LogP contribution in [0.25, 0.3) is 0 Å². The number of phenolic OH excluding ortho intramolecular Hbond substituents is 2. The van der Waals surface area contributed by atoms with E-state index in [0.29, 0.717) is 13.2 Å². The Morgan fingerprint density at radius 3 is 2.08 bits per heavy atom. The first-order chi connectivity index (χ1) is 12.1. The van der Waals surface area contributed by atoms with Gasteiger partial charge in [0, 0.05) is 6.07 Å². The summed E-state index contributed by atoms with van der Waals surface area (Å²) in [5.74, 6) is -1.34. The fraction of sp³-hybridized carbons (Fsp3) is 0.632. The molecule has 0 saturated carbocycles. The minimum absolute atomic E-state index is 0.126. The van der Waals surface area contributed by atoms with Gasteiger partial charge in [-0.25, -0.2) is 4.79 Å². The van der Waals surface area contributed by atoms with Crippen molar-refractivity contribution in [2.24, 2.45) is 0 Å². The van der Waals surface area contributed by atoms with Crippen LogP contribution >= 0.6 is 0 Å². The Hall–Kier alpha value is -2.11. The van der Waals surface area contributed by atoms with E-state index in [1.807, 2.05) is 20.8 Å². The number of benzene rings is 1. The number of rotatable bonds is 12. The number of ether oxygens (including phenoxy) is 3. The lowest BCUT2D eigenvalue weighted by Crippen LogP contribution is -2.12. The summed E-state index contributed by atoms with van der Waals surface area (Å²) >= 11 is 0. The summed E-state index contributed by atoms with van der Waals surface area (Å²) in [4.78, 5) is 12.4. The summed E-state index contributed by atoms with van der Waals surface area (Å²) in [5.41, 5.74) is -0.182. The molecule has 6 heteroatoms. The summed E-state index contributed by atoms with van der Waals surface area (Å²) in [6.07, 6.45) is 5.09. The van der Waals surface area contributed by atoms with Gasteiger partial charge in [-0.3, -0.25) is 0 Å². The molecule has 0 saturated heterocycles. The number of hydrogen-bond acceptors (Lipinski definition) is 6. The Morgan fingerprint density at radius 1 is 0.920 bits per heavy atom. The van der Waals surface area contributed by atoms with Crippen LogP contribution in [0.1, 0.15) is 69.7 Å². The Labute approximate surface area is 149 Å². The van der Waals surface area contributed by atoms with Crippen molar-refractivity contribution in [1.29, 1.82) is 0 Å². The molecule has 1 rings (SSSR count). The molecule has 0 heterocycles. The molecule has 25 heavy (non-hydrogen) atoms. The number of aromatic hydroxyl groups is 2. The molecule has 0 spiro atoms. The molecule has 0 aliphatic rings. The fourth-order valence-corrected chi connectivity index (χ4v) is 2.08. The van der Waals surface area contributed by atoms with Crippen LogP contribution < -0.4 is 9.47 Å². The molecule has 1 aromatic rings. The fourth-order valence-electron chi connectivity index (χ4n) is 2.08. The van der Waals surface area contributed by atoms with Crippen LogP contribution in [0, 0.1) is 0 Å². The average molecular weight is 354 g/mol. The first-order valence-electron chi connectivity index (χ1n) is 9.08. The van der Waals surface area contributed by atoms with E-state index in [9.17, 15) is 15.0 Å². The first-order valence-corrected chi connectivity index (χ1v) is 9.08. The van der Waals surface area contributed by atoms with Gasteiger partial charge in [0.25, 0.3) is 0 Å². The molecule has 0 bridgehead atoms. The summed E-state index contributed by atoms with van der Waals surface area (Å²) in [6.45, 7) is 7.09. The van der Waals surface area contributed by atoms with Crippen molar-refractivity contribution in [2.75, 3.05) is 19.8 Å².